The van der Waals surface area contributed by atoms with E-state index in [1.807, 2.05) is 18.4 Å². The highest BCUT2D eigenvalue weighted by Gasteiger charge is 2.13. The van der Waals surface area contributed by atoms with Crippen LogP contribution in [0.4, 0.5) is 0 Å². The molecule has 5 heteroatoms. The number of nitrogens with zero attached hydrogens (tertiary/aromatic N) is 3. The lowest BCUT2D eigenvalue weighted by Crippen LogP contribution is -1.99. The maximum Gasteiger partial charge on any atom is 0.215 e. The van der Waals surface area contributed by atoms with Gasteiger partial charge in [-0.1, -0.05) is 5.21 Å². The van der Waals surface area contributed by atoms with Gasteiger partial charge in [-0.05, 0) is 13.0 Å². The number of ketones is 1. The van der Waals surface area contributed by atoms with Crippen LogP contribution in [0.3, 0.4) is 0 Å². The summed E-state index contributed by atoms with van der Waals surface area (Å²) in [6.07, 6.45) is 1.62. The molecule has 0 unspecified atom stereocenters. The van der Waals surface area contributed by atoms with Gasteiger partial charge in [0.2, 0.25) is 5.78 Å². The van der Waals surface area contributed by atoms with Gasteiger partial charge in [0.25, 0.3) is 0 Å². The Morgan fingerprint density at radius 3 is 2.86 bits per heavy atom. The van der Waals surface area contributed by atoms with E-state index in [1.54, 1.807) is 24.6 Å². The molecule has 4 nitrogen and oxygen atoms in total. The van der Waals surface area contributed by atoms with E-state index in [0.717, 1.165) is 4.88 Å². The predicted molar refractivity (Wildman–Crippen MR) is 53.5 cm³/mol. The predicted octanol–water partition coefficient (Wildman–Crippen LogP) is 1.42. The van der Waals surface area contributed by atoms with Crippen LogP contribution in [0.2, 0.25) is 0 Å². The molecule has 0 amide bonds. The summed E-state index contributed by atoms with van der Waals surface area (Å²) >= 11 is 1.56. The van der Waals surface area contributed by atoms with E-state index in [9.17, 15) is 4.79 Å². The van der Waals surface area contributed by atoms with Gasteiger partial charge in [-0.3, -0.25) is 9.48 Å². The largest absolute Gasteiger partial charge is 0.287 e. The van der Waals surface area contributed by atoms with Gasteiger partial charge in [0.05, 0.1) is 6.20 Å². The third-order valence-electron chi connectivity index (χ3n) is 1.83. The average Bonchev–Trinajstić information content (AvgIpc) is 2.73. The summed E-state index contributed by atoms with van der Waals surface area (Å²) in [6.45, 7) is 1.97. The molecule has 0 atom stereocenters. The fraction of sp³-hybridized carbons (Fsp3) is 0.222. The Labute approximate surface area is 85.2 Å². The van der Waals surface area contributed by atoms with E-state index in [2.05, 4.69) is 10.3 Å². The Morgan fingerprint density at radius 1 is 1.57 bits per heavy atom. The van der Waals surface area contributed by atoms with Crippen LogP contribution < -0.4 is 0 Å². The van der Waals surface area contributed by atoms with Crippen LogP contribution in [0.5, 0.6) is 0 Å². The summed E-state index contributed by atoms with van der Waals surface area (Å²) in [5.74, 6) is -0.0672. The summed E-state index contributed by atoms with van der Waals surface area (Å²) in [5, 5.41) is 9.33. The molecule has 72 valence electrons. The first-order valence-corrected chi connectivity index (χ1v) is 5.01. The van der Waals surface area contributed by atoms with Crippen molar-refractivity contribution in [1.82, 2.24) is 15.0 Å². The molecule has 0 spiro atoms. The van der Waals surface area contributed by atoms with Gasteiger partial charge in [-0.25, -0.2) is 0 Å². The SMILES string of the molecule is Cc1cc(C(=O)c2cn(C)nn2)cs1. The average molecular weight is 207 g/mol. The number of aromatic nitrogens is 3. The normalized spacial score (nSPS) is 10.4. The van der Waals surface area contributed by atoms with E-state index in [1.165, 1.54) is 4.68 Å². The van der Waals surface area contributed by atoms with Crippen LogP contribution in [0, 0.1) is 6.92 Å². The molecule has 0 aliphatic carbocycles. The highest BCUT2D eigenvalue weighted by molar-refractivity contribution is 7.10. The number of aryl methyl sites for hydroxylation is 2. The van der Waals surface area contributed by atoms with Crippen molar-refractivity contribution in [1.29, 1.82) is 0 Å². The van der Waals surface area contributed by atoms with Gasteiger partial charge >= 0.3 is 0 Å². The zero-order valence-electron chi connectivity index (χ0n) is 7.89. The molecule has 0 aliphatic heterocycles. The maximum absolute atomic E-state index is 11.8. The van der Waals surface area contributed by atoms with E-state index in [0.29, 0.717) is 11.3 Å². The summed E-state index contributed by atoms with van der Waals surface area (Å²) < 4.78 is 1.52. The van der Waals surface area contributed by atoms with Crippen molar-refractivity contribution < 1.29 is 4.79 Å². The first-order valence-electron chi connectivity index (χ1n) is 4.13. The molecular formula is C9H9N3OS. The van der Waals surface area contributed by atoms with Gasteiger partial charge in [0.1, 0.15) is 0 Å². The van der Waals surface area contributed by atoms with Gasteiger partial charge in [-0.2, -0.15) is 0 Å². The molecule has 2 rings (SSSR count). The Morgan fingerprint density at radius 2 is 2.36 bits per heavy atom. The fourth-order valence-corrected chi connectivity index (χ4v) is 1.84. The topological polar surface area (TPSA) is 47.8 Å². The van der Waals surface area contributed by atoms with Crippen molar-refractivity contribution in [2.24, 2.45) is 7.05 Å². The van der Waals surface area contributed by atoms with E-state index < -0.39 is 0 Å². The minimum Gasteiger partial charge on any atom is -0.287 e. The molecule has 0 saturated heterocycles. The Kier molecular flexibility index (Phi) is 2.17. The lowest BCUT2D eigenvalue weighted by molar-refractivity contribution is 0.103. The number of thiophene rings is 1. The van der Waals surface area contributed by atoms with Gasteiger partial charge in [0.15, 0.2) is 5.69 Å². The summed E-state index contributed by atoms with van der Waals surface area (Å²) in [7, 11) is 1.74. The molecule has 0 aromatic carbocycles. The maximum atomic E-state index is 11.8. The Hall–Kier alpha value is -1.49. The molecule has 0 N–H and O–H groups in total. The van der Waals surface area contributed by atoms with Crippen LogP contribution in [-0.4, -0.2) is 20.8 Å². The lowest BCUT2D eigenvalue weighted by atomic mass is 10.2. The van der Waals surface area contributed by atoms with Gasteiger partial charge in [-0.15, -0.1) is 16.4 Å². The quantitative estimate of drug-likeness (QED) is 0.700. The molecule has 0 bridgehead atoms. The molecule has 0 fully saturated rings. The van der Waals surface area contributed by atoms with Crippen molar-refractivity contribution in [3.63, 3.8) is 0 Å². The number of hydrogen-bond donors (Lipinski definition) is 0. The standard InChI is InChI=1S/C9H9N3OS/c1-6-3-7(5-14-6)9(13)8-4-12(2)11-10-8/h3-5H,1-2H3. The molecule has 0 radical (unpaired) electrons. The van der Waals surface area contributed by atoms with E-state index in [4.69, 9.17) is 0 Å². The van der Waals surface area contributed by atoms with Crippen LogP contribution in [0.1, 0.15) is 20.9 Å². The third-order valence-corrected chi connectivity index (χ3v) is 2.69. The number of carbonyl (C=O) groups is 1. The summed E-state index contributed by atoms with van der Waals surface area (Å²) in [4.78, 5) is 12.9. The third kappa shape index (κ3) is 1.58. The zero-order valence-corrected chi connectivity index (χ0v) is 8.71. The van der Waals surface area contributed by atoms with Crippen molar-refractivity contribution in [2.45, 2.75) is 6.92 Å². The number of hydrogen-bond acceptors (Lipinski definition) is 4. The van der Waals surface area contributed by atoms with Crippen molar-refractivity contribution in [3.8, 4) is 0 Å². The first-order chi connectivity index (χ1) is 6.66. The second kappa shape index (κ2) is 3.34. The summed E-state index contributed by atoms with van der Waals surface area (Å²) in [5.41, 5.74) is 1.08. The highest BCUT2D eigenvalue weighted by atomic mass is 32.1. The van der Waals surface area contributed by atoms with Gasteiger partial charge in [0, 0.05) is 22.9 Å². The second-order valence-electron chi connectivity index (χ2n) is 3.05. The Bertz CT molecular complexity index is 430. The highest BCUT2D eigenvalue weighted by Crippen LogP contribution is 2.15. The molecular weight excluding hydrogens is 198 g/mol. The molecule has 2 aromatic heterocycles. The van der Waals surface area contributed by atoms with E-state index in [-0.39, 0.29) is 5.78 Å². The van der Waals surface area contributed by atoms with Crippen LogP contribution in [0.15, 0.2) is 17.6 Å². The van der Waals surface area contributed by atoms with Crippen LogP contribution in [-0.2, 0) is 7.05 Å². The number of rotatable bonds is 2. The molecule has 0 saturated carbocycles. The van der Waals surface area contributed by atoms with Crippen molar-refractivity contribution in [2.75, 3.05) is 0 Å². The first kappa shape index (κ1) is 9.08. The Balaban J connectivity index is 2.33. The lowest BCUT2D eigenvalue weighted by Gasteiger charge is -1.89. The van der Waals surface area contributed by atoms with Gasteiger partial charge < -0.3 is 0 Å². The zero-order chi connectivity index (χ0) is 10.1. The fourth-order valence-electron chi connectivity index (χ4n) is 1.16. The smallest absolute Gasteiger partial charge is 0.215 e. The monoisotopic (exact) mass is 207 g/mol. The molecule has 2 aromatic rings. The van der Waals surface area contributed by atoms with Crippen LogP contribution in [0.25, 0.3) is 0 Å². The van der Waals surface area contributed by atoms with Crippen molar-refractivity contribution >= 4 is 17.1 Å². The minimum atomic E-state index is -0.0672. The number of carbonyl (C=O) groups excluding carboxylic acids is 1. The molecule has 0 aliphatic rings. The van der Waals surface area contributed by atoms with Crippen LogP contribution >= 0.6 is 11.3 Å². The molecule has 14 heavy (non-hydrogen) atoms. The second-order valence-corrected chi connectivity index (χ2v) is 4.17. The van der Waals surface area contributed by atoms with Crippen molar-refractivity contribution in [3.05, 3.63) is 33.8 Å². The summed E-state index contributed by atoms with van der Waals surface area (Å²) in [6, 6.07) is 1.86. The molecule has 2 heterocycles. The van der Waals surface area contributed by atoms with E-state index >= 15 is 0 Å². The minimum absolute atomic E-state index is 0.0672.